The highest BCUT2D eigenvalue weighted by molar-refractivity contribution is 7.98. The van der Waals surface area contributed by atoms with Gasteiger partial charge in [-0.3, -0.25) is 4.79 Å². The summed E-state index contributed by atoms with van der Waals surface area (Å²) in [6.07, 6.45) is 1.95. The van der Waals surface area contributed by atoms with Crippen molar-refractivity contribution < 1.29 is 4.79 Å². The molecule has 1 amide bonds. The van der Waals surface area contributed by atoms with Gasteiger partial charge in [-0.15, -0.1) is 11.8 Å². The standard InChI is InChI=1S/C14H19N3OS/c1-5-17(10-14(18)16(2)3)12-7-6-8-13(19-4)11(12)9-15/h6-8H,5,10H2,1-4H3. The number of amides is 1. The third-order valence-electron chi connectivity index (χ3n) is 2.88. The van der Waals surface area contributed by atoms with Gasteiger partial charge in [0.05, 0.1) is 17.8 Å². The first kappa shape index (κ1) is 15.4. The van der Waals surface area contributed by atoms with Gasteiger partial charge < -0.3 is 9.80 Å². The van der Waals surface area contributed by atoms with Gasteiger partial charge in [0, 0.05) is 25.5 Å². The molecule has 0 saturated carbocycles. The summed E-state index contributed by atoms with van der Waals surface area (Å²) >= 11 is 1.54. The van der Waals surface area contributed by atoms with Crippen LogP contribution in [0.5, 0.6) is 0 Å². The Morgan fingerprint density at radius 2 is 2.11 bits per heavy atom. The highest BCUT2D eigenvalue weighted by atomic mass is 32.2. The average Bonchev–Trinajstić information content (AvgIpc) is 2.43. The number of rotatable bonds is 5. The molecule has 0 radical (unpaired) electrons. The summed E-state index contributed by atoms with van der Waals surface area (Å²) in [6, 6.07) is 7.98. The van der Waals surface area contributed by atoms with Crippen molar-refractivity contribution in [1.82, 2.24) is 4.90 Å². The van der Waals surface area contributed by atoms with E-state index in [-0.39, 0.29) is 12.5 Å². The van der Waals surface area contributed by atoms with Crippen LogP contribution in [0.2, 0.25) is 0 Å². The number of hydrogen-bond acceptors (Lipinski definition) is 4. The monoisotopic (exact) mass is 277 g/mol. The van der Waals surface area contributed by atoms with Gasteiger partial charge in [-0.1, -0.05) is 6.07 Å². The van der Waals surface area contributed by atoms with Crippen molar-refractivity contribution in [2.45, 2.75) is 11.8 Å². The molecule has 0 unspecified atom stereocenters. The quantitative estimate of drug-likeness (QED) is 0.774. The number of benzene rings is 1. The van der Waals surface area contributed by atoms with Crippen molar-refractivity contribution in [3.05, 3.63) is 23.8 Å². The van der Waals surface area contributed by atoms with Crippen LogP contribution in [-0.2, 0) is 4.79 Å². The molecule has 0 N–H and O–H groups in total. The van der Waals surface area contributed by atoms with E-state index >= 15 is 0 Å². The number of nitriles is 1. The number of anilines is 1. The molecular formula is C14H19N3OS. The number of carbonyl (C=O) groups is 1. The second kappa shape index (κ2) is 7.05. The highest BCUT2D eigenvalue weighted by Crippen LogP contribution is 2.28. The predicted octanol–water partition coefficient (Wildman–Crippen LogP) is 2.19. The maximum absolute atomic E-state index is 11.8. The summed E-state index contributed by atoms with van der Waals surface area (Å²) in [5, 5.41) is 9.33. The molecule has 0 atom stereocenters. The van der Waals surface area contributed by atoms with Crippen LogP contribution in [-0.4, -0.2) is 44.2 Å². The van der Waals surface area contributed by atoms with Crippen LogP contribution in [0, 0.1) is 11.3 Å². The van der Waals surface area contributed by atoms with Crippen LogP contribution in [0.25, 0.3) is 0 Å². The largest absolute Gasteiger partial charge is 0.361 e. The van der Waals surface area contributed by atoms with Gasteiger partial charge in [0.1, 0.15) is 6.07 Å². The van der Waals surface area contributed by atoms with E-state index in [0.29, 0.717) is 12.1 Å². The number of thioether (sulfide) groups is 1. The number of likely N-dealkylation sites (N-methyl/N-ethyl adjacent to an activating group) is 2. The van der Waals surface area contributed by atoms with Gasteiger partial charge >= 0.3 is 0 Å². The van der Waals surface area contributed by atoms with Crippen molar-refractivity contribution in [2.24, 2.45) is 0 Å². The smallest absolute Gasteiger partial charge is 0.241 e. The fraction of sp³-hybridized carbons (Fsp3) is 0.429. The van der Waals surface area contributed by atoms with Crippen LogP contribution >= 0.6 is 11.8 Å². The topological polar surface area (TPSA) is 47.3 Å². The summed E-state index contributed by atoms with van der Waals surface area (Å²) in [6.45, 7) is 2.96. The third-order valence-corrected chi connectivity index (χ3v) is 3.66. The van der Waals surface area contributed by atoms with Crippen LogP contribution in [0.1, 0.15) is 12.5 Å². The molecule has 0 bridgehead atoms. The van der Waals surface area contributed by atoms with E-state index < -0.39 is 0 Å². The zero-order chi connectivity index (χ0) is 14.4. The molecule has 0 heterocycles. The maximum Gasteiger partial charge on any atom is 0.241 e. The first-order chi connectivity index (χ1) is 9.04. The van der Waals surface area contributed by atoms with Crippen molar-refractivity contribution in [2.75, 3.05) is 38.3 Å². The number of hydrogen-bond donors (Lipinski definition) is 0. The van der Waals surface area contributed by atoms with E-state index in [9.17, 15) is 10.1 Å². The highest BCUT2D eigenvalue weighted by Gasteiger charge is 2.16. The van der Waals surface area contributed by atoms with Gasteiger partial charge in [0.2, 0.25) is 5.91 Å². The van der Waals surface area contributed by atoms with Crippen LogP contribution in [0.15, 0.2) is 23.1 Å². The molecule has 0 aliphatic carbocycles. The number of carbonyl (C=O) groups excluding carboxylic acids is 1. The Labute approximate surface area is 119 Å². The van der Waals surface area contributed by atoms with Crippen molar-refractivity contribution in [3.63, 3.8) is 0 Å². The van der Waals surface area contributed by atoms with Crippen molar-refractivity contribution in [1.29, 1.82) is 5.26 Å². The van der Waals surface area contributed by atoms with Crippen LogP contribution < -0.4 is 4.90 Å². The molecule has 0 aliphatic heterocycles. The summed E-state index contributed by atoms with van der Waals surface area (Å²) in [5.74, 6) is 0.0281. The van der Waals surface area contributed by atoms with E-state index in [1.54, 1.807) is 30.8 Å². The fourth-order valence-corrected chi connectivity index (χ4v) is 2.31. The van der Waals surface area contributed by atoms with Crippen molar-refractivity contribution in [3.8, 4) is 6.07 Å². The van der Waals surface area contributed by atoms with E-state index in [0.717, 1.165) is 10.6 Å². The third kappa shape index (κ3) is 3.65. The van der Waals surface area contributed by atoms with Gasteiger partial charge in [0.25, 0.3) is 0 Å². The molecule has 1 aromatic rings. The zero-order valence-corrected chi connectivity index (χ0v) is 12.6. The SMILES string of the molecule is CCN(CC(=O)N(C)C)c1cccc(SC)c1C#N. The summed E-state index contributed by atoms with van der Waals surface area (Å²) < 4.78 is 0. The molecule has 0 aliphatic rings. The Bertz CT molecular complexity index is 494. The Hall–Kier alpha value is -1.67. The molecule has 1 aromatic carbocycles. The second-order valence-electron chi connectivity index (χ2n) is 4.27. The van der Waals surface area contributed by atoms with Crippen LogP contribution in [0.4, 0.5) is 5.69 Å². The summed E-state index contributed by atoms with van der Waals surface area (Å²) in [5.41, 5.74) is 1.47. The van der Waals surface area contributed by atoms with Gasteiger partial charge in [0.15, 0.2) is 0 Å². The average molecular weight is 277 g/mol. The minimum absolute atomic E-state index is 0.0281. The molecule has 1 rings (SSSR count). The van der Waals surface area contributed by atoms with E-state index in [4.69, 9.17) is 0 Å². The second-order valence-corrected chi connectivity index (χ2v) is 5.12. The minimum atomic E-state index is 0.0281. The first-order valence-corrected chi connectivity index (χ1v) is 7.29. The molecule has 0 spiro atoms. The Kier molecular flexibility index (Phi) is 5.71. The lowest BCUT2D eigenvalue weighted by Crippen LogP contribution is -2.37. The Balaban J connectivity index is 3.12. The molecule has 102 valence electrons. The van der Waals surface area contributed by atoms with Crippen LogP contribution in [0.3, 0.4) is 0 Å². The lowest BCUT2D eigenvalue weighted by atomic mass is 10.1. The summed E-state index contributed by atoms with van der Waals surface area (Å²) in [4.78, 5) is 16.3. The molecule has 5 heteroatoms. The van der Waals surface area contributed by atoms with Gasteiger partial charge in [-0.25, -0.2) is 0 Å². The van der Waals surface area contributed by atoms with E-state index in [1.807, 2.05) is 36.3 Å². The summed E-state index contributed by atoms with van der Waals surface area (Å²) in [7, 11) is 3.47. The van der Waals surface area contributed by atoms with Gasteiger partial charge in [-0.05, 0) is 25.3 Å². The first-order valence-electron chi connectivity index (χ1n) is 6.07. The molecule has 4 nitrogen and oxygen atoms in total. The molecule has 0 saturated heterocycles. The molecule has 19 heavy (non-hydrogen) atoms. The fourth-order valence-electron chi connectivity index (χ4n) is 1.74. The van der Waals surface area contributed by atoms with E-state index in [2.05, 4.69) is 6.07 Å². The Morgan fingerprint density at radius 3 is 2.58 bits per heavy atom. The normalized spacial score (nSPS) is 9.84. The maximum atomic E-state index is 11.8. The molecular weight excluding hydrogens is 258 g/mol. The van der Waals surface area contributed by atoms with E-state index in [1.165, 1.54) is 0 Å². The predicted molar refractivity (Wildman–Crippen MR) is 79.5 cm³/mol. The molecule has 0 aromatic heterocycles. The minimum Gasteiger partial charge on any atom is -0.361 e. The zero-order valence-electron chi connectivity index (χ0n) is 11.8. The lowest BCUT2D eigenvalue weighted by Gasteiger charge is -2.25. The number of nitrogens with zero attached hydrogens (tertiary/aromatic N) is 3. The lowest BCUT2D eigenvalue weighted by molar-refractivity contribution is -0.127. The molecule has 0 fully saturated rings. The van der Waals surface area contributed by atoms with Crippen molar-refractivity contribution >= 4 is 23.4 Å². The Morgan fingerprint density at radius 1 is 1.42 bits per heavy atom. The van der Waals surface area contributed by atoms with Gasteiger partial charge in [-0.2, -0.15) is 5.26 Å².